The maximum Gasteiger partial charge on any atom is 0.344 e. The Morgan fingerprint density at radius 2 is 1.39 bits per heavy atom. The highest BCUT2D eigenvalue weighted by atomic mass is 79.9. The van der Waals surface area contributed by atoms with Gasteiger partial charge in [0.2, 0.25) is 0 Å². The SMILES string of the molecule is O=C(N/N=C/c1ccc(OC(=O)c2ccccc2Br)cc1)c1ccccc1Br. The number of hydrazone groups is 1. The van der Waals surface area contributed by atoms with Gasteiger partial charge in [-0.25, -0.2) is 10.2 Å². The lowest BCUT2D eigenvalue weighted by atomic mass is 10.2. The van der Waals surface area contributed by atoms with Gasteiger partial charge in [-0.2, -0.15) is 5.10 Å². The van der Waals surface area contributed by atoms with Gasteiger partial charge in [-0.3, -0.25) is 4.79 Å². The maximum absolute atomic E-state index is 12.2. The zero-order chi connectivity index (χ0) is 19.9. The summed E-state index contributed by atoms with van der Waals surface area (Å²) in [6.45, 7) is 0. The molecule has 0 fully saturated rings. The van der Waals surface area contributed by atoms with E-state index in [0.717, 1.165) is 5.56 Å². The molecule has 0 bridgehead atoms. The van der Waals surface area contributed by atoms with Crippen LogP contribution >= 0.6 is 31.9 Å². The summed E-state index contributed by atoms with van der Waals surface area (Å²) in [7, 11) is 0. The van der Waals surface area contributed by atoms with Gasteiger partial charge in [0, 0.05) is 8.95 Å². The molecule has 0 aliphatic carbocycles. The molecule has 1 N–H and O–H groups in total. The first-order chi connectivity index (χ1) is 13.5. The van der Waals surface area contributed by atoms with Crippen LogP contribution in [0.25, 0.3) is 0 Å². The fraction of sp³-hybridized carbons (Fsp3) is 0. The minimum Gasteiger partial charge on any atom is -0.423 e. The van der Waals surface area contributed by atoms with Crippen molar-refractivity contribution in [2.45, 2.75) is 0 Å². The fourth-order valence-electron chi connectivity index (χ4n) is 2.28. The molecule has 0 saturated heterocycles. The smallest absolute Gasteiger partial charge is 0.344 e. The Morgan fingerprint density at radius 3 is 2.00 bits per heavy atom. The third-order valence-electron chi connectivity index (χ3n) is 3.68. The Bertz CT molecular complexity index is 1030. The van der Waals surface area contributed by atoms with Crippen LogP contribution < -0.4 is 10.2 Å². The van der Waals surface area contributed by atoms with E-state index in [4.69, 9.17) is 4.74 Å². The Hall–Kier alpha value is -2.77. The van der Waals surface area contributed by atoms with Crippen molar-refractivity contribution in [3.05, 3.63) is 98.4 Å². The van der Waals surface area contributed by atoms with Crippen molar-refractivity contribution < 1.29 is 14.3 Å². The maximum atomic E-state index is 12.2. The van der Waals surface area contributed by atoms with E-state index < -0.39 is 5.97 Å². The summed E-state index contributed by atoms with van der Waals surface area (Å²) in [5.41, 5.74) is 4.16. The highest BCUT2D eigenvalue weighted by Gasteiger charge is 2.11. The number of hydrogen-bond acceptors (Lipinski definition) is 4. The highest BCUT2D eigenvalue weighted by Crippen LogP contribution is 2.19. The van der Waals surface area contributed by atoms with Crippen LogP contribution in [0.1, 0.15) is 26.3 Å². The van der Waals surface area contributed by atoms with Crippen LogP contribution in [0.15, 0.2) is 86.8 Å². The summed E-state index contributed by atoms with van der Waals surface area (Å²) in [4.78, 5) is 24.3. The first-order valence-electron chi connectivity index (χ1n) is 8.19. The van der Waals surface area contributed by atoms with Crippen molar-refractivity contribution in [2.75, 3.05) is 0 Å². The zero-order valence-electron chi connectivity index (χ0n) is 14.4. The first-order valence-corrected chi connectivity index (χ1v) is 9.78. The molecule has 3 rings (SSSR count). The lowest BCUT2D eigenvalue weighted by Gasteiger charge is -2.06. The second-order valence-electron chi connectivity index (χ2n) is 5.62. The number of esters is 1. The normalized spacial score (nSPS) is 10.6. The molecule has 1 amide bonds. The molecule has 0 aliphatic rings. The molecule has 0 spiro atoms. The Labute approximate surface area is 178 Å². The number of nitrogens with zero attached hydrogens (tertiary/aromatic N) is 1. The fourth-order valence-corrected chi connectivity index (χ4v) is 3.19. The molecule has 140 valence electrons. The molecule has 0 aromatic heterocycles. The number of carbonyl (C=O) groups is 2. The topological polar surface area (TPSA) is 67.8 Å². The van der Waals surface area contributed by atoms with Gasteiger partial charge < -0.3 is 4.74 Å². The molecule has 0 saturated carbocycles. The highest BCUT2D eigenvalue weighted by molar-refractivity contribution is 9.10. The van der Waals surface area contributed by atoms with E-state index in [2.05, 4.69) is 42.4 Å². The second-order valence-corrected chi connectivity index (χ2v) is 7.33. The van der Waals surface area contributed by atoms with Gasteiger partial charge in [-0.15, -0.1) is 0 Å². The van der Waals surface area contributed by atoms with Crippen molar-refractivity contribution >= 4 is 50.0 Å². The third-order valence-corrected chi connectivity index (χ3v) is 5.07. The predicted molar refractivity (Wildman–Crippen MR) is 115 cm³/mol. The van der Waals surface area contributed by atoms with E-state index in [1.807, 2.05) is 12.1 Å². The van der Waals surface area contributed by atoms with E-state index in [9.17, 15) is 9.59 Å². The third kappa shape index (κ3) is 5.15. The molecule has 0 heterocycles. The number of ether oxygens (including phenoxy) is 1. The van der Waals surface area contributed by atoms with Crippen molar-refractivity contribution in [2.24, 2.45) is 5.10 Å². The largest absolute Gasteiger partial charge is 0.423 e. The summed E-state index contributed by atoms with van der Waals surface area (Å²) < 4.78 is 6.73. The number of hydrogen-bond donors (Lipinski definition) is 1. The summed E-state index contributed by atoms with van der Waals surface area (Å²) in [5.74, 6) is -0.354. The van der Waals surface area contributed by atoms with E-state index in [1.165, 1.54) is 6.21 Å². The molecule has 0 radical (unpaired) electrons. The van der Waals surface area contributed by atoms with Gasteiger partial charge in [0.1, 0.15) is 5.75 Å². The number of halogens is 2. The average Bonchev–Trinajstić information content (AvgIpc) is 2.70. The summed E-state index contributed by atoms with van der Waals surface area (Å²) in [6, 6.07) is 20.9. The van der Waals surface area contributed by atoms with Crippen LogP contribution in [0.3, 0.4) is 0 Å². The number of amides is 1. The van der Waals surface area contributed by atoms with E-state index in [0.29, 0.717) is 25.8 Å². The van der Waals surface area contributed by atoms with E-state index in [-0.39, 0.29) is 5.91 Å². The molecule has 3 aromatic carbocycles. The predicted octanol–water partition coefficient (Wildman–Crippen LogP) is 5.19. The van der Waals surface area contributed by atoms with Crippen molar-refractivity contribution in [3.63, 3.8) is 0 Å². The molecule has 7 heteroatoms. The lowest BCUT2D eigenvalue weighted by molar-refractivity contribution is 0.0733. The van der Waals surface area contributed by atoms with Gasteiger partial charge in [0.25, 0.3) is 5.91 Å². The number of carbonyl (C=O) groups excluding carboxylic acids is 2. The molecule has 5 nitrogen and oxygen atoms in total. The quantitative estimate of drug-likeness (QED) is 0.226. The van der Waals surface area contributed by atoms with Crippen molar-refractivity contribution in [1.29, 1.82) is 0 Å². The molecular formula is C21H14Br2N2O3. The number of rotatable bonds is 5. The molecule has 0 aliphatic heterocycles. The second kappa shape index (κ2) is 9.43. The molecular weight excluding hydrogens is 488 g/mol. The van der Waals surface area contributed by atoms with Crippen LogP contribution in [-0.2, 0) is 0 Å². The Kier molecular flexibility index (Phi) is 6.73. The van der Waals surface area contributed by atoms with Crippen molar-refractivity contribution in [1.82, 2.24) is 5.43 Å². The van der Waals surface area contributed by atoms with Crippen LogP contribution in [0.4, 0.5) is 0 Å². The summed E-state index contributed by atoms with van der Waals surface area (Å²) in [5, 5.41) is 3.95. The van der Waals surface area contributed by atoms with Crippen molar-refractivity contribution in [3.8, 4) is 5.75 Å². The molecule has 0 unspecified atom stereocenters. The minimum atomic E-state index is -0.449. The molecule has 28 heavy (non-hydrogen) atoms. The van der Waals surface area contributed by atoms with E-state index >= 15 is 0 Å². The monoisotopic (exact) mass is 500 g/mol. The van der Waals surface area contributed by atoms with Gasteiger partial charge >= 0.3 is 5.97 Å². The first kappa shape index (κ1) is 20.0. The van der Waals surface area contributed by atoms with Gasteiger partial charge in [-0.05, 0) is 86.0 Å². The van der Waals surface area contributed by atoms with Gasteiger partial charge in [0.05, 0.1) is 17.3 Å². The van der Waals surface area contributed by atoms with Crippen LogP contribution in [0.2, 0.25) is 0 Å². The molecule has 0 atom stereocenters. The van der Waals surface area contributed by atoms with Crippen LogP contribution in [0, 0.1) is 0 Å². The summed E-state index contributed by atoms with van der Waals surface area (Å²) >= 11 is 6.65. The molecule has 3 aromatic rings. The standard InChI is InChI=1S/C21H14Br2N2O3/c22-18-7-3-1-5-16(18)20(26)25-24-13-14-9-11-15(12-10-14)28-21(27)17-6-2-4-8-19(17)23/h1-13H,(H,25,26)/b24-13+. The zero-order valence-corrected chi connectivity index (χ0v) is 17.6. The Balaban J connectivity index is 1.59. The van der Waals surface area contributed by atoms with Crippen LogP contribution in [-0.4, -0.2) is 18.1 Å². The van der Waals surface area contributed by atoms with Gasteiger partial charge in [0.15, 0.2) is 0 Å². The average molecular weight is 502 g/mol. The van der Waals surface area contributed by atoms with Gasteiger partial charge in [-0.1, -0.05) is 24.3 Å². The summed E-state index contributed by atoms with van der Waals surface area (Å²) in [6.07, 6.45) is 1.51. The van der Waals surface area contributed by atoms with Crippen LogP contribution in [0.5, 0.6) is 5.75 Å². The minimum absolute atomic E-state index is 0.317. The Morgan fingerprint density at radius 1 is 0.821 bits per heavy atom. The number of benzene rings is 3. The van der Waals surface area contributed by atoms with E-state index in [1.54, 1.807) is 60.7 Å². The lowest BCUT2D eigenvalue weighted by Crippen LogP contribution is -2.18. The number of nitrogens with one attached hydrogen (secondary N) is 1.